The molecule has 1 unspecified atom stereocenters. The average molecular weight is 254 g/mol. The monoisotopic (exact) mass is 254 g/mol. The average Bonchev–Trinajstić information content (AvgIpc) is 2.42. The van der Waals surface area contributed by atoms with Gasteiger partial charge in [-0.2, -0.15) is 0 Å². The maximum atomic E-state index is 12.9. The summed E-state index contributed by atoms with van der Waals surface area (Å²) in [5.41, 5.74) is 3.60. The molecule has 18 heavy (non-hydrogen) atoms. The number of benzene rings is 1. The molecule has 0 amide bonds. The Morgan fingerprint density at radius 3 is 2.22 bits per heavy atom. The van der Waals surface area contributed by atoms with Crippen LogP contribution in [0.1, 0.15) is 32.3 Å². The predicted octanol–water partition coefficient (Wildman–Crippen LogP) is 2.41. The lowest BCUT2D eigenvalue weighted by Gasteiger charge is -2.38. The van der Waals surface area contributed by atoms with Crippen LogP contribution in [-0.2, 0) is 11.2 Å². The van der Waals surface area contributed by atoms with Gasteiger partial charge < -0.3 is 4.74 Å². The Bertz CT molecular complexity index is 341. The van der Waals surface area contributed by atoms with Crippen LogP contribution in [0.5, 0.6) is 0 Å². The van der Waals surface area contributed by atoms with Crippen LogP contribution in [0.3, 0.4) is 0 Å². The lowest BCUT2D eigenvalue weighted by Crippen LogP contribution is -2.55. The van der Waals surface area contributed by atoms with Crippen LogP contribution in [-0.4, -0.2) is 18.8 Å². The maximum absolute atomic E-state index is 12.9. The second-order valence-electron chi connectivity index (χ2n) is 4.53. The molecule has 0 aromatic heterocycles. The van der Waals surface area contributed by atoms with Crippen molar-refractivity contribution in [3.8, 4) is 0 Å². The van der Waals surface area contributed by atoms with Gasteiger partial charge in [0.2, 0.25) is 0 Å². The topological polar surface area (TPSA) is 47.3 Å². The van der Waals surface area contributed by atoms with Crippen molar-refractivity contribution in [2.24, 2.45) is 5.84 Å². The molecule has 1 aromatic rings. The lowest BCUT2D eigenvalue weighted by molar-refractivity contribution is -0.0473. The van der Waals surface area contributed by atoms with Gasteiger partial charge in [0.05, 0.1) is 11.6 Å². The minimum atomic E-state index is -0.289. The van der Waals surface area contributed by atoms with Gasteiger partial charge in [-0.15, -0.1) is 0 Å². The van der Waals surface area contributed by atoms with Gasteiger partial charge in [0, 0.05) is 7.11 Å². The highest BCUT2D eigenvalue weighted by molar-refractivity contribution is 5.18. The number of nitrogens with two attached hydrogens (primary N) is 1. The minimum Gasteiger partial charge on any atom is -0.377 e. The minimum absolute atomic E-state index is 0.00274. The number of methoxy groups -OCH3 is 1. The van der Waals surface area contributed by atoms with Gasteiger partial charge >= 0.3 is 0 Å². The molecule has 1 aromatic carbocycles. The fourth-order valence-corrected chi connectivity index (χ4v) is 2.43. The third kappa shape index (κ3) is 3.28. The van der Waals surface area contributed by atoms with Crippen molar-refractivity contribution in [2.45, 2.75) is 44.8 Å². The van der Waals surface area contributed by atoms with Crippen LogP contribution in [0.2, 0.25) is 0 Å². The smallest absolute Gasteiger partial charge is 0.123 e. The number of hydrogen-bond acceptors (Lipinski definition) is 3. The molecule has 0 spiro atoms. The number of nitrogens with one attached hydrogen (secondary N) is 1. The van der Waals surface area contributed by atoms with Gasteiger partial charge in [-0.05, 0) is 37.0 Å². The third-order valence-electron chi connectivity index (χ3n) is 3.79. The number of hydrazine groups is 1. The molecule has 0 heterocycles. The zero-order valence-corrected chi connectivity index (χ0v) is 11.4. The Hall–Kier alpha value is -0.970. The Labute approximate surface area is 108 Å². The van der Waals surface area contributed by atoms with E-state index in [2.05, 4.69) is 19.3 Å². The fourth-order valence-electron chi connectivity index (χ4n) is 2.43. The molecule has 0 saturated heterocycles. The highest BCUT2D eigenvalue weighted by atomic mass is 19.1. The number of rotatable bonds is 7. The predicted molar refractivity (Wildman–Crippen MR) is 71.5 cm³/mol. The molecule has 3 nitrogen and oxygen atoms in total. The van der Waals surface area contributed by atoms with E-state index in [1.54, 1.807) is 19.2 Å². The summed E-state index contributed by atoms with van der Waals surface area (Å²) >= 11 is 0. The maximum Gasteiger partial charge on any atom is 0.123 e. The molecule has 0 aliphatic carbocycles. The summed E-state index contributed by atoms with van der Waals surface area (Å²) in [6, 6.07) is 6.50. The second-order valence-corrected chi connectivity index (χ2v) is 4.53. The van der Waals surface area contributed by atoms with Crippen LogP contribution >= 0.6 is 0 Å². The molecule has 102 valence electrons. The quantitative estimate of drug-likeness (QED) is 0.580. The molecule has 0 fully saturated rings. The van der Waals surface area contributed by atoms with Crippen molar-refractivity contribution < 1.29 is 9.13 Å². The van der Waals surface area contributed by atoms with Crippen LogP contribution in [0, 0.1) is 5.82 Å². The fraction of sp³-hybridized carbons (Fsp3) is 0.571. The standard InChI is InChI=1S/C14H23FN2O/c1-4-14(5-2,18-3)13(17-16)10-11-6-8-12(15)9-7-11/h6-9,13,17H,4-5,10,16H2,1-3H3. The summed E-state index contributed by atoms with van der Waals surface area (Å²) in [7, 11) is 1.71. The number of ether oxygens (including phenoxy) is 1. The van der Waals surface area contributed by atoms with Gasteiger partial charge in [0.15, 0.2) is 0 Å². The molecule has 0 radical (unpaired) electrons. The molecule has 4 heteroatoms. The van der Waals surface area contributed by atoms with E-state index in [9.17, 15) is 4.39 Å². The summed E-state index contributed by atoms with van der Waals surface area (Å²) in [5.74, 6) is 5.44. The normalized spacial score (nSPS) is 13.6. The van der Waals surface area contributed by atoms with Crippen molar-refractivity contribution in [3.05, 3.63) is 35.6 Å². The summed E-state index contributed by atoms with van der Waals surface area (Å²) in [6.07, 6.45) is 2.46. The zero-order chi connectivity index (χ0) is 13.6. The van der Waals surface area contributed by atoms with Crippen molar-refractivity contribution >= 4 is 0 Å². The number of hydrogen-bond donors (Lipinski definition) is 2. The number of halogens is 1. The van der Waals surface area contributed by atoms with Crippen LogP contribution < -0.4 is 11.3 Å². The summed E-state index contributed by atoms with van der Waals surface area (Å²) in [4.78, 5) is 0. The Morgan fingerprint density at radius 1 is 1.28 bits per heavy atom. The lowest BCUT2D eigenvalue weighted by atomic mass is 9.85. The van der Waals surface area contributed by atoms with E-state index < -0.39 is 0 Å². The van der Waals surface area contributed by atoms with Crippen molar-refractivity contribution in [3.63, 3.8) is 0 Å². The molecule has 1 atom stereocenters. The molecule has 1 rings (SSSR count). The highest BCUT2D eigenvalue weighted by Gasteiger charge is 2.35. The SMILES string of the molecule is CCC(CC)(OC)C(Cc1ccc(F)cc1)NN. The van der Waals surface area contributed by atoms with Gasteiger partial charge in [-0.3, -0.25) is 11.3 Å². The van der Waals surface area contributed by atoms with E-state index in [0.29, 0.717) is 6.42 Å². The molecule has 0 bridgehead atoms. The van der Waals surface area contributed by atoms with Crippen LogP contribution in [0.15, 0.2) is 24.3 Å². The first-order chi connectivity index (χ1) is 8.61. The van der Waals surface area contributed by atoms with Crippen molar-refractivity contribution in [1.82, 2.24) is 5.43 Å². The Morgan fingerprint density at radius 2 is 1.83 bits per heavy atom. The van der Waals surface area contributed by atoms with E-state index in [4.69, 9.17) is 10.6 Å². The molecule has 0 saturated carbocycles. The van der Waals surface area contributed by atoms with Crippen molar-refractivity contribution in [1.29, 1.82) is 0 Å². The first kappa shape index (κ1) is 15.1. The Balaban J connectivity index is 2.86. The molecular weight excluding hydrogens is 231 g/mol. The highest BCUT2D eigenvalue weighted by Crippen LogP contribution is 2.26. The summed E-state index contributed by atoms with van der Waals surface area (Å²) in [6.45, 7) is 4.17. The van der Waals surface area contributed by atoms with Crippen LogP contribution in [0.4, 0.5) is 4.39 Å². The molecule has 0 aliphatic heterocycles. The molecule has 3 N–H and O–H groups in total. The van der Waals surface area contributed by atoms with Gasteiger partial charge in [0.25, 0.3) is 0 Å². The van der Waals surface area contributed by atoms with E-state index >= 15 is 0 Å². The third-order valence-corrected chi connectivity index (χ3v) is 3.79. The summed E-state index contributed by atoms with van der Waals surface area (Å²) in [5, 5.41) is 0. The largest absolute Gasteiger partial charge is 0.377 e. The van der Waals surface area contributed by atoms with E-state index in [0.717, 1.165) is 18.4 Å². The van der Waals surface area contributed by atoms with E-state index in [-0.39, 0.29) is 17.5 Å². The van der Waals surface area contributed by atoms with Crippen LogP contribution in [0.25, 0.3) is 0 Å². The second kappa shape index (κ2) is 6.83. The summed E-state index contributed by atoms with van der Waals surface area (Å²) < 4.78 is 18.5. The first-order valence-electron chi connectivity index (χ1n) is 6.37. The first-order valence-corrected chi connectivity index (χ1v) is 6.37. The van der Waals surface area contributed by atoms with Gasteiger partial charge in [-0.25, -0.2) is 4.39 Å². The van der Waals surface area contributed by atoms with Gasteiger partial charge in [0.1, 0.15) is 5.82 Å². The van der Waals surface area contributed by atoms with Crippen molar-refractivity contribution in [2.75, 3.05) is 7.11 Å². The van der Waals surface area contributed by atoms with Gasteiger partial charge in [-0.1, -0.05) is 26.0 Å². The molecule has 0 aliphatic rings. The van der Waals surface area contributed by atoms with E-state index in [1.807, 2.05) is 0 Å². The zero-order valence-electron chi connectivity index (χ0n) is 11.4. The van der Waals surface area contributed by atoms with E-state index in [1.165, 1.54) is 12.1 Å². The molecular formula is C14H23FN2O. The Kier molecular flexibility index (Phi) is 5.72.